The molecule has 2 aliphatic carbocycles. The summed E-state index contributed by atoms with van der Waals surface area (Å²) in [6.45, 7) is 4.68. The number of oxime groups is 1. The number of carbonyl (C=O) groups excluding carboxylic acids is 2. The third-order valence-electron chi connectivity index (χ3n) is 14.8. The largest absolute Gasteiger partial charge is 0.459 e. The van der Waals surface area contributed by atoms with Gasteiger partial charge in [-0.15, -0.1) is 6.58 Å². The van der Waals surface area contributed by atoms with Crippen LogP contribution in [0.15, 0.2) is 169 Å². The number of aliphatic hydroxyl groups excluding tert-OH is 2. The summed E-state index contributed by atoms with van der Waals surface area (Å²) in [6.07, 6.45) is 8.22. The zero-order valence-electron chi connectivity index (χ0n) is 43.0. The Morgan fingerprint density at radius 3 is 2.35 bits per heavy atom. The minimum absolute atomic E-state index is 0.00850. The van der Waals surface area contributed by atoms with Gasteiger partial charge >= 0.3 is 6.09 Å². The number of carbonyl (C=O) groups is 2. The van der Waals surface area contributed by atoms with Crippen molar-refractivity contribution in [3.8, 4) is 17.2 Å². The van der Waals surface area contributed by atoms with Crippen molar-refractivity contribution in [3.63, 3.8) is 0 Å². The quantitative estimate of drug-likeness (QED) is 0.0172. The van der Waals surface area contributed by atoms with E-state index in [1.54, 1.807) is 47.4 Å². The average Bonchev–Trinajstić information content (AvgIpc) is 3.57. The van der Waals surface area contributed by atoms with Crippen LogP contribution < -0.4 is 9.47 Å². The molecule has 77 heavy (non-hydrogen) atoms. The Kier molecular flexibility index (Phi) is 18.2. The summed E-state index contributed by atoms with van der Waals surface area (Å²) in [5.74, 6) is -1.28. The van der Waals surface area contributed by atoms with Crippen LogP contribution in [0.5, 0.6) is 17.2 Å². The van der Waals surface area contributed by atoms with Gasteiger partial charge in [-0.2, -0.15) is 0 Å². The predicted octanol–water partition coefficient (Wildman–Crippen LogP) is 12.0. The lowest BCUT2D eigenvalue weighted by Crippen LogP contribution is -2.70. The highest BCUT2D eigenvalue weighted by molar-refractivity contribution is 6.03. The van der Waals surface area contributed by atoms with Gasteiger partial charge < -0.3 is 38.7 Å². The van der Waals surface area contributed by atoms with Crippen LogP contribution in [0.4, 0.5) is 10.5 Å². The third kappa shape index (κ3) is 12.6. The molecular formula is C62H65N3O12. The third-order valence-corrected chi connectivity index (χ3v) is 14.8. The standard InChI is InChI=1S/C62H65N3O12/c1-2-32-74-62-58(64(39-48-20-13-19-46-17-6-7-22-52(46)48)61(69)73-34-33-72-41-43-14-4-3-5-15-43)38-56(63-75-42-44-24-26-49(27-25-44)65(70)71)54-36-47(18-8-10-30-66)53(23-9-11-31-67)59(60(54)62)55-37-51(28-29-57(55)77-62)76-50-21-12-16-45(35-50)40-68/h2-7,12-17,19-22,24-29,35-37,40,47,53,58-60,66-67H,1,8-11,18,23,30-34,38-39,41-42H2. The molecule has 0 radical (unpaired) electrons. The summed E-state index contributed by atoms with van der Waals surface area (Å²) >= 11 is 0. The van der Waals surface area contributed by atoms with Crippen molar-refractivity contribution in [1.29, 1.82) is 0 Å². The van der Waals surface area contributed by atoms with Crippen LogP contribution in [-0.4, -0.2) is 83.0 Å². The normalized spacial score (nSPS) is 20.7. The fraction of sp³-hybridized carbons (Fsp3) is 0.339. The minimum atomic E-state index is -1.62. The lowest BCUT2D eigenvalue weighted by atomic mass is 9.55. The maximum Gasteiger partial charge on any atom is 0.410 e. The lowest BCUT2D eigenvalue weighted by molar-refractivity contribution is -0.384. The SMILES string of the molecule is C=CCOC12Oc3ccc(Oc4cccc(C=O)c4)cc3C3C(CCCCO)C(CCCCO)C=C(C(=NOCc4ccc([N+](=O)[O-])cc4)CC1N(Cc1cccc4ccccc14)C(=O)OCCOCc1ccccc1)C32. The van der Waals surface area contributed by atoms with Gasteiger partial charge in [0.25, 0.3) is 5.69 Å². The van der Waals surface area contributed by atoms with Gasteiger partial charge in [0, 0.05) is 48.8 Å². The molecule has 6 atom stereocenters. The summed E-state index contributed by atoms with van der Waals surface area (Å²) in [5, 5.41) is 38.7. The number of amides is 1. The molecule has 0 aromatic heterocycles. The van der Waals surface area contributed by atoms with E-state index in [0.717, 1.165) is 52.2 Å². The number of fused-ring (bicyclic) bond motifs is 3. The first-order chi connectivity index (χ1) is 37.7. The second-order valence-electron chi connectivity index (χ2n) is 19.7. The second-order valence-corrected chi connectivity index (χ2v) is 19.7. The number of nitrogens with zero attached hydrogens (tertiary/aromatic N) is 3. The Balaban J connectivity index is 1.21. The van der Waals surface area contributed by atoms with Gasteiger partial charge in [0.2, 0.25) is 5.79 Å². The predicted molar refractivity (Wildman–Crippen MR) is 292 cm³/mol. The molecule has 0 bridgehead atoms. The van der Waals surface area contributed by atoms with E-state index in [9.17, 15) is 25.1 Å². The number of aliphatic hydroxyl groups is 2. The minimum Gasteiger partial charge on any atom is -0.459 e. The number of allylic oxidation sites excluding steroid dienone is 1. The molecule has 400 valence electrons. The highest BCUT2D eigenvalue weighted by atomic mass is 16.7. The molecule has 1 aliphatic heterocycles. The number of benzene rings is 6. The molecule has 6 aromatic rings. The Labute approximate surface area is 448 Å². The lowest BCUT2D eigenvalue weighted by Gasteiger charge is -2.59. The van der Waals surface area contributed by atoms with Crippen molar-refractivity contribution in [3.05, 3.63) is 202 Å². The van der Waals surface area contributed by atoms with E-state index in [-0.39, 0.29) is 76.0 Å². The van der Waals surface area contributed by atoms with Crippen LogP contribution in [0, 0.1) is 27.9 Å². The van der Waals surface area contributed by atoms with Gasteiger partial charge in [-0.05, 0) is 113 Å². The Hall–Kier alpha value is -7.69. The zero-order valence-corrected chi connectivity index (χ0v) is 43.0. The van der Waals surface area contributed by atoms with Gasteiger partial charge in [-0.3, -0.25) is 19.8 Å². The smallest absolute Gasteiger partial charge is 0.410 e. The topological polar surface area (TPSA) is 189 Å². The Morgan fingerprint density at radius 1 is 0.831 bits per heavy atom. The number of hydrogen-bond donors (Lipinski definition) is 2. The van der Waals surface area contributed by atoms with Gasteiger partial charge in [0.1, 0.15) is 42.8 Å². The first-order valence-corrected chi connectivity index (χ1v) is 26.4. The van der Waals surface area contributed by atoms with Gasteiger partial charge in [-0.1, -0.05) is 115 Å². The van der Waals surface area contributed by atoms with Crippen molar-refractivity contribution in [1.82, 2.24) is 4.90 Å². The molecule has 6 unspecified atom stereocenters. The van der Waals surface area contributed by atoms with E-state index in [1.165, 1.54) is 12.1 Å². The fourth-order valence-electron chi connectivity index (χ4n) is 11.3. The summed E-state index contributed by atoms with van der Waals surface area (Å²) < 4.78 is 33.5. The van der Waals surface area contributed by atoms with E-state index < -0.39 is 28.8 Å². The van der Waals surface area contributed by atoms with Crippen LogP contribution >= 0.6 is 0 Å². The second kappa shape index (κ2) is 25.9. The molecular weight excluding hydrogens is 979 g/mol. The molecule has 9 rings (SSSR count). The fourth-order valence-corrected chi connectivity index (χ4v) is 11.3. The maximum absolute atomic E-state index is 15.4. The van der Waals surface area contributed by atoms with E-state index in [0.29, 0.717) is 66.4 Å². The van der Waals surface area contributed by atoms with E-state index in [2.05, 4.69) is 12.7 Å². The number of nitro benzene ring substituents is 1. The molecule has 1 fully saturated rings. The van der Waals surface area contributed by atoms with Crippen LogP contribution in [-0.2, 0) is 38.8 Å². The molecule has 2 N–H and O–H groups in total. The van der Waals surface area contributed by atoms with E-state index in [1.807, 2.05) is 91.0 Å². The molecule has 15 nitrogen and oxygen atoms in total. The maximum atomic E-state index is 15.4. The van der Waals surface area contributed by atoms with Gasteiger partial charge in [0.15, 0.2) is 0 Å². The zero-order chi connectivity index (χ0) is 53.6. The number of non-ortho nitro benzene ring substituents is 1. The molecule has 0 saturated heterocycles. The summed E-state index contributed by atoms with van der Waals surface area (Å²) in [7, 11) is 0. The molecule has 1 heterocycles. The van der Waals surface area contributed by atoms with E-state index in [4.69, 9.17) is 33.7 Å². The van der Waals surface area contributed by atoms with Crippen LogP contribution in [0.1, 0.15) is 83.5 Å². The number of ether oxygens (including phenoxy) is 5. The Morgan fingerprint density at radius 2 is 1.57 bits per heavy atom. The number of hydrogen-bond acceptors (Lipinski definition) is 13. The Bertz CT molecular complexity index is 3050. The average molecular weight is 1040 g/mol. The number of aldehydes is 1. The van der Waals surface area contributed by atoms with Crippen LogP contribution in [0.3, 0.4) is 0 Å². The molecule has 1 amide bonds. The van der Waals surface area contributed by atoms with Crippen molar-refractivity contribution >= 4 is 34.6 Å². The van der Waals surface area contributed by atoms with Crippen molar-refractivity contribution < 1.29 is 53.2 Å². The molecule has 15 heteroatoms. The molecule has 6 aromatic carbocycles. The van der Waals surface area contributed by atoms with Gasteiger partial charge in [0.05, 0.1) is 42.9 Å². The molecule has 0 spiro atoms. The number of nitro groups is 1. The summed E-state index contributed by atoms with van der Waals surface area (Å²) in [4.78, 5) is 46.3. The summed E-state index contributed by atoms with van der Waals surface area (Å²) in [5.41, 5.74) is 5.13. The highest BCUT2D eigenvalue weighted by Gasteiger charge is 2.66. The first kappa shape index (κ1) is 54.1. The monoisotopic (exact) mass is 1040 g/mol. The summed E-state index contributed by atoms with van der Waals surface area (Å²) in [6, 6.07) is 41.6. The van der Waals surface area contributed by atoms with Crippen LogP contribution in [0.25, 0.3) is 10.8 Å². The highest BCUT2D eigenvalue weighted by Crippen LogP contribution is 2.62. The van der Waals surface area contributed by atoms with Gasteiger partial charge in [-0.25, -0.2) is 4.79 Å². The first-order valence-electron chi connectivity index (χ1n) is 26.4. The molecule has 1 saturated carbocycles. The van der Waals surface area contributed by atoms with Crippen molar-refractivity contribution in [2.45, 2.75) is 82.5 Å². The van der Waals surface area contributed by atoms with Crippen molar-refractivity contribution in [2.24, 2.45) is 22.9 Å². The van der Waals surface area contributed by atoms with E-state index >= 15 is 4.79 Å². The number of unbranched alkanes of at least 4 members (excludes halogenated alkanes) is 2. The number of rotatable bonds is 26. The van der Waals surface area contributed by atoms with Crippen LogP contribution in [0.2, 0.25) is 0 Å². The molecule has 3 aliphatic rings. The van der Waals surface area contributed by atoms with Crippen molar-refractivity contribution in [2.75, 3.05) is 33.0 Å².